The maximum atomic E-state index is 15.1. The van der Waals surface area contributed by atoms with Gasteiger partial charge >= 0.3 is 0 Å². The number of hydrogen-bond donors (Lipinski definition) is 0. The minimum absolute atomic E-state index is 0.0386. The molecule has 0 spiro atoms. The van der Waals surface area contributed by atoms with E-state index in [4.69, 9.17) is 13.9 Å². The molecule has 0 atom stereocenters. The first-order valence-corrected chi connectivity index (χ1v) is 11.2. The fourth-order valence-electron chi connectivity index (χ4n) is 4.89. The Hall–Kier alpha value is -2.30. The van der Waals surface area contributed by atoms with Gasteiger partial charge in [-0.15, -0.1) is 0 Å². The quantitative estimate of drug-likeness (QED) is 0.436. The van der Waals surface area contributed by atoms with E-state index in [-0.39, 0.29) is 28.8 Å². The third-order valence-electron chi connectivity index (χ3n) is 6.82. The molecule has 2 fully saturated rings. The predicted molar refractivity (Wildman–Crippen MR) is 113 cm³/mol. The Labute approximate surface area is 175 Å². The van der Waals surface area contributed by atoms with Gasteiger partial charge in [-0.2, -0.15) is 8.78 Å². The highest BCUT2D eigenvalue weighted by molar-refractivity contribution is 6.06. The molecule has 0 bridgehead atoms. The van der Waals surface area contributed by atoms with Gasteiger partial charge in [0.05, 0.1) is 12.7 Å². The zero-order valence-electron chi connectivity index (χ0n) is 17.4. The molecule has 160 valence electrons. The Morgan fingerprint density at radius 3 is 2.10 bits per heavy atom. The van der Waals surface area contributed by atoms with Crippen LogP contribution >= 0.6 is 0 Å². The molecular formula is C25H28F2O3. The van der Waals surface area contributed by atoms with E-state index in [1.54, 1.807) is 24.3 Å². The van der Waals surface area contributed by atoms with Gasteiger partial charge in [-0.3, -0.25) is 0 Å². The Kier molecular flexibility index (Phi) is 5.30. The van der Waals surface area contributed by atoms with Crippen LogP contribution in [0.1, 0.15) is 58.3 Å². The Balaban J connectivity index is 1.41. The molecule has 0 aliphatic heterocycles. The zero-order valence-corrected chi connectivity index (χ0v) is 17.4. The second-order valence-electron chi connectivity index (χ2n) is 9.07. The van der Waals surface area contributed by atoms with E-state index < -0.39 is 11.6 Å². The number of ether oxygens (including phenoxy) is 2. The van der Waals surface area contributed by atoms with Crippen LogP contribution in [-0.4, -0.2) is 12.7 Å². The summed E-state index contributed by atoms with van der Waals surface area (Å²) in [6, 6.07) is 6.74. The number of furan rings is 1. The number of hydrogen-bond acceptors (Lipinski definition) is 3. The maximum Gasteiger partial charge on any atom is 0.208 e. The van der Waals surface area contributed by atoms with Crippen molar-refractivity contribution < 1.29 is 22.7 Å². The van der Waals surface area contributed by atoms with Crippen LogP contribution in [0, 0.1) is 23.5 Å². The maximum absolute atomic E-state index is 15.1. The van der Waals surface area contributed by atoms with E-state index in [0.717, 1.165) is 44.4 Å². The van der Waals surface area contributed by atoms with Crippen LogP contribution in [0.2, 0.25) is 0 Å². The third-order valence-corrected chi connectivity index (χ3v) is 6.82. The smallest absolute Gasteiger partial charge is 0.208 e. The molecule has 2 aliphatic rings. The number of rotatable bonds is 5. The van der Waals surface area contributed by atoms with E-state index in [2.05, 4.69) is 6.92 Å². The first-order valence-electron chi connectivity index (χ1n) is 11.2. The van der Waals surface area contributed by atoms with Gasteiger partial charge in [-0.1, -0.05) is 19.8 Å². The molecule has 3 aromatic rings. The lowest BCUT2D eigenvalue weighted by molar-refractivity contribution is 0.183. The van der Waals surface area contributed by atoms with Crippen molar-refractivity contribution in [2.24, 2.45) is 11.8 Å². The van der Waals surface area contributed by atoms with Gasteiger partial charge in [-0.05, 0) is 74.6 Å². The fourth-order valence-corrected chi connectivity index (χ4v) is 4.89. The van der Waals surface area contributed by atoms with Crippen molar-refractivity contribution in [2.75, 3.05) is 6.61 Å². The lowest BCUT2D eigenvalue weighted by Crippen LogP contribution is -2.19. The highest BCUT2D eigenvalue weighted by atomic mass is 19.1. The van der Waals surface area contributed by atoms with E-state index in [1.165, 1.54) is 12.8 Å². The summed E-state index contributed by atoms with van der Waals surface area (Å²) in [6.45, 7) is 2.78. The summed E-state index contributed by atoms with van der Waals surface area (Å²) in [5.41, 5.74) is 0.0782. The van der Waals surface area contributed by atoms with Gasteiger partial charge in [-0.25, -0.2) is 0 Å². The van der Waals surface area contributed by atoms with Crippen molar-refractivity contribution >= 4 is 21.9 Å². The molecule has 2 aromatic carbocycles. The SMILES string of the molecule is CC1CCC(COc2ccc3c(oc4c(F)c(OC5CCCC5)ccc43)c2F)CC1. The summed E-state index contributed by atoms with van der Waals surface area (Å²) in [6.07, 6.45) is 8.75. The van der Waals surface area contributed by atoms with Gasteiger partial charge in [0, 0.05) is 10.8 Å². The first-order chi connectivity index (χ1) is 14.6. The molecule has 1 aromatic heterocycles. The van der Waals surface area contributed by atoms with Crippen LogP contribution < -0.4 is 9.47 Å². The van der Waals surface area contributed by atoms with Gasteiger partial charge in [0.1, 0.15) is 0 Å². The first kappa shape index (κ1) is 19.7. The normalized spacial score (nSPS) is 22.8. The van der Waals surface area contributed by atoms with E-state index >= 15 is 8.78 Å². The Morgan fingerprint density at radius 2 is 1.43 bits per heavy atom. The minimum atomic E-state index is -0.564. The average molecular weight is 414 g/mol. The van der Waals surface area contributed by atoms with Gasteiger partial charge in [0.25, 0.3) is 0 Å². The Morgan fingerprint density at radius 1 is 0.833 bits per heavy atom. The highest BCUT2D eigenvalue weighted by Crippen LogP contribution is 2.39. The van der Waals surface area contributed by atoms with Gasteiger partial charge in [0.15, 0.2) is 22.7 Å². The summed E-state index contributed by atoms with van der Waals surface area (Å²) in [5, 5.41) is 1.10. The highest BCUT2D eigenvalue weighted by Gasteiger charge is 2.24. The molecule has 3 nitrogen and oxygen atoms in total. The van der Waals surface area contributed by atoms with Crippen LogP contribution in [0.15, 0.2) is 28.7 Å². The molecule has 0 unspecified atom stereocenters. The Bertz CT molecular complexity index is 1040. The zero-order chi connectivity index (χ0) is 20.7. The van der Waals surface area contributed by atoms with Crippen molar-refractivity contribution in [2.45, 2.75) is 64.4 Å². The van der Waals surface area contributed by atoms with Gasteiger partial charge < -0.3 is 13.9 Å². The molecule has 0 N–H and O–H groups in total. The van der Waals surface area contributed by atoms with Crippen molar-refractivity contribution in [1.82, 2.24) is 0 Å². The average Bonchev–Trinajstić information content (AvgIpc) is 3.39. The van der Waals surface area contributed by atoms with Crippen molar-refractivity contribution in [3.8, 4) is 11.5 Å². The van der Waals surface area contributed by atoms with Crippen molar-refractivity contribution in [3.05, 3.63) is 35.9 Å². The number of halogens is 2. The van der Waals surface area contributed by atoms with E-state index in [1.807, 2.05) is 0 Å². The molecule has 0 saturated heterocycles. The fraction of sp³-hybridized carbons (Fsp3) is 0.520. The van der Waals surface area contributed by atoms with Crippen LogP contribution in [0.5, 0.6) is 11.5 Å². The molecule has 0 amide bonds. The van der Waals surface area contributed by atoms with Gasteiger partial charge in [0.2, 0.25) is 11.6 Å². The third kappa shape index (κ3) is 3.63. The van der Waals surface area contributed by atoms with E-state index in [0.29, 0.717) is 23.3 Å². The molecular weight excluding hydrogens is 386 g/mol. The molecule has 30 heavy (non-hydrogen) atoms. The van der Waals surface area contributed by atoms with E-state index in [9.17, 15) is 0 Å². The second-order valence-corrected chi connectivity index (χ2v) is 9.07. The second kappa shape index (κ2) is 8.09. The number of benzene rings is 2. The largest absolute Gasteiger partial charge is 0.490 e. The monoisotopic (exact) mass is 414 g/mol. The summed E-state index contributed by atoms with van der Waals surface area (Å²) >= 11 is 0. The van der Waals surface area contributed by atoms with Crippen LogP contribution in [-0.2, 0) is 0 Å². The van der Waals surface area contributed by atoms with Crippen molar-refractivity contribution in [1.29, 1.82) is 0 Å². The predicted octanol–water partition coefficient (Wildman–Crippen LogP) is 7.39. The lowest BCUT2D eigenvalue weighted by Gasteiger charge is -2.26. The van der Waals surface area contributed by atoms with Crippen LogP contribution in [0.3, 0.4) is 0 Å². The molecule has 1 heterocycles. The standard InChI is InChI=1S/C25H28F2O3/c1-15-6-8-16(9-7-15)14-28-20-12-10-18-19-11-13-21(29-17-4-2-3-5-17)23(27)25(19)30-24(18)22(20)26/h10-13,15-17H,2-9,14H2,1H3. The van der Waals surface area contributed by atoms with Crippen LogP contribution in [0.25, 0.3) is 21.9 Å². The summed E-state index contributed by atoms with van der Waals surface area (Å²) in [5.74, 6) is 0.446. The topological polar surface area (TPSA) is 31.6 Å². The minimum Gasteiger partial charge on any atom is -0.490 e. The summed E-state index contributed by atoms with van der Waals surface area (Å²) in [7, 11) is 0. The summed E-state index contributed by atoms with van der Waals surface area (Å²) in [4.78, 5) is 0. The number of fused-ring (bicyclic) bond motifs is 3. The molecule has 5 rings (SSSR count). The lowest BCUT2D eigenvalue weighted by atomic mass is 9.83. The molecule has 2 saturated carbocycles. The summed E-state index contributed by atoms with van der Waals surface area (Å²) < 4.78 is 47.4. The van der Waals surface area contributed by atoms with Crippen LogP contribution in [0.4, 0.5) is 8.78 Å². The molecule has 2 aliphatic carbocycles. The molecule has 5 heteroatoms. The van der Waals surface area contributed by atoms with Crippen molar-refractivity contribution in [3.63, 3.8) is 0 Å². The molecule has 0 radical (unpaired) electrons.